The van der Waals surface area contributed by atoms with Crippen LogP contribution in [0.2, 0.25) is 0 Å². The number of ether oxygens (including phenoxy) is 2. The lowest BCUT2D eigenvalue weighted by Gasteiger charge is -2.28. The van der Waals surface area contributed by atoms with Gasteiger partial charge in [-0.3, -0.25) is 14.2 Å². The van der Waals surface area contributed by atoms with Crippen molar-refractivity contribution < 1.29 is 42.1 Å². The molecule has 2 atom stereocenters. The van der Waals surface area contributed by atoms with Crippen molar-refractivity contribution in [1.82, 2.24) is 0 Å². The minimum atomic E-state index is -4.62. The Morgan fingerprint density at radius 1 is 0.534 bits per heavy atom. The number of carbonyl (C=O) groups is 2. The van der Waals surface area contributed by atoms with Crippen molar-refractivity contribution in [1.29, 1.82) is 0 Å². The fourth-order valence-corrected chi connectivity index (χ4v) is 7.41. The number of likely N-dealkylation sites (N-methyl/N-ethyl adjacent to an activating group) is 1. The van der Waals surface area contributed by atoms with Crippen molar-refractivity contribution in [3.63, 3.8) is 0 Å². The lowest BCUT2D eigenvalue weighted by atomic mass is 10.0. The van der Waals surface area contributed by atoms with Crippen LogP contribution < -0.4 is 4.89 Å². The van der Waals surface area contributed by atoms with Crippen LogP contribution >= 0.6 is 7.82 Å². The van der Waals surface area contributed by atoms with Gasteiger partial charge in [-0.1, -0.05) is 186 Å². The Morgan fingerprint density at radius 2 is 0.931 bits per heavy atom. The molecule has 0 aromatic carbocycles. The normalized spacial score (nSPS) is 13.7. The number of esters is 2. The number of hydrogen-bond acceptors (Lipinski definition) is 8. The molecule has 0 rings (SSSR count). The molecule has 0 fully saturated rings. The van der Waals surface area contributed by atoms with Crippen LogP contribution in [0, 0.1) is 0 Å². The predicted molar refractivity (Wildman–Crippen MR) is 241 cm³/mol. The van der Waals surface area contributed by atoms with Gasteiger partial charge in [0, 0.05) is 12.8 Å². The van der Waals surface area contributed by atoms with Crippen LogP contribution in [0.4, 0.5) is 0 Å². The van der Waals surface area contributed by atoms with Crippen LogP contribution in [-0.2, 0) is 32.7 Å². The Labute approximate surface area is 358 Å². The van der Waals surface area contributed by atoms with Gasteiger partial charge in [0.2, 0.25) is 0 Å². The molecule has 0 N–H and O–H groups in total. The zero-order valence-electron chi connectivity index (χ0n) is 38.5. The van der Waals surface area contributed by atoms with Gasteiger partial charge in [0.25, 0.3) is 7.82 Å². The first kappa shape index (κ1) is 56.5. The molecule has 0 heterocycles. The molecule has 0 aliphatic rings. The lowest BCUT2D eigenvalue weighted by molar-refractivity contribution is -0.870. The van der Waals surface area contributed by atoms with E-state index in [0.29, 0.717) is 17.4 Å². The second-order valence-electron chi connectivity index (χ2n) is 17.5. The number of quaternary nitrogens is 1. The molecule has 0 bridgehead atoms. The van der Waals surface area contributed by atoms with E-state index in [1.54, 1.807) is 0 Å². The van der Waals surface area contributed by atoms with Crippen LogP contribution in [0.25, 0.3) is 0 Å². The largest absolute Gasteiger partial charge is 0.756 e. The number of hydrogen-bond donors (Lipinski definition) is 0. The molecule has 10 heteroatoms. The Morgan fingerprint density at radius 3 is 1.36 bits per heavy atom. The van der Waals surface area contributed by atoms with Gasteiger partial charge in [0.05, 0.1) is 27.7 Å². The first-order chi connectivity index (χ1) is 28.0. The Bertz CT molecular complexity index is 1040. The van der Waals surface area contributed by atoms with Gasteiger partial charge in [-0.15, -0.1) is 0 Å². The van der Waals surface area contributed by atoms with E-state index >= 15 is 0 Å². The molecule has 9 nitrogen and oxygen atoms in total. The van der Waals surface area contributed by atoms with Crippen molar-refractivity contribution >= 4 is 19.8 Å². The lowest BCUT2D eigenvalue weighted by Crippen LogP contribution is -2.37. The average molecular weight is 842 g/mol. The first-order valence-corrected chi connectivity index (χ1v) is 25.5. The number of phosphoric acid groups is 1. The van der Waals surface area contributed by atoms with Crippen LogP contribution in [0.15, 0.2) is 24.3 Å². The minimum Gasteiger partial charge on any atom is -0.756 e. The first-order valence-electron chi connectivity index (χ1n) is 24.0. The topological polar surface area (TPSA) is 111 Å². The summed E-state index contributed by atoms with van der Waals surface area (Å²) >= 11 is 0. The summed E-state index contributed by atoms with van der Waals surface area (Å²) < 4.78 is 33.9. The summed E-state index contributed by atoms with van der Waals surface area (Å²) in [4.78, 5) is 37.5. The Hall–Kier alpha value is -1.51. The van der Waals surface area contributed by atoms with Crippen molar-refractivity contribution in [2.24, 2.45) is 0 Å². The molecular weight excluding hydrogens is 750 g/mol. The summed E-state index contributed by atoms with van der Waals surface area (Å²) in [7, 11) is 1.17. The van der Waals surface area contributed by atoms with E-state index in [4.69, 9.17) is 18.5 Å². The fraction of sp³-hybridized carbons (Fsp3) is 0.875. The molecule has 0 amide bonds. The highest BCUT2D eigenvalue weighted by Crippen LogP contribution is 2.38. The summed E-state index contributed by atoms with van der Waals surface area (Å²) in [5.74, 6) is -0.829. The van der Waals surface area contributed by atoms with E-state index in [1.807, 2.05) is 21.1 Å². The molecule has 0 aliphatic carbocycles. The number of unbranched alkanes of at least 4 members (excludes halogenated alkanes) is 26. The summed E-state index contributed by atoms with van der Waals surface area (Å²) in [6.07, 6.45) is 44.9. The van der Waals surface area contributed by atoms with E-state index in [1.165, 1.54) is 141 Å². The number of carbonyl (C=O) groups excluding carboxylic acids is 2. The van der Waals surface area contributed by atoms with Crippen LogP contribution in [0.5, 0.6) is 0 Å². The number of allylic oxidation sites excluding steroid dienone is 4. The smallest absolute Gasteiger partial charge is 0.306 e. The maximum absolute atomic E-state index is 12.7. The van der Waals surface area contributed by atoms with Crippen molar-refractivity contribution in [3.05, 3.63) is 24.3 Å². The molecule has 0 saturated carbocycles. The van der Waals surface area contributed by atoms with Gasteiger partial charge in [-0.05, 0) is 44.9 Å². The molecule has 2 unspecified atom stereocenters. The van der Waals surface area contributed by atoms with Gasteiger partial charge >= 0.3 is 11.9 Å². The summed E-state index contributed by atoms with van der Waals surface area (Å²) in [5, 5.41) is 0. The third-order valence-electron chi connectivity index (χ3n) is 10.5. The molecule has 0 aromatic rings. The van der Waals surface area contributed by atoms with Crippen molar-refractivity contribution in [2.45, 2.75) is 225 Å². The molecule has 58 heavy (non-hydrogen) atoms. The molecule has 0 aliphatic heterocycles. The zero-order chi connectivity index (χ0) is 42.8. The van der Waals surface area contributed by atoms with E-state index in [0.717, 1.165) is 44.9 Å². The van der Waals surface area contributed by atoms with Crippen LogP contribution in [0.1, 0.15) is 219 Å². The second-order valence-corrected chi connectivity index (χ2v) is 18.9. The van der Waals surface area contributed by atoms with Gasteiger partial charge < -0.3 is 27.9 Å². The Kier molecular flexibility index (Phi) is 39.8. The van der Waals surface area contributed by atoms with Crippen molar-refractivity contribution in [3.8, 4) is 0 Å². The molecule has 0 spiro atoms. The third kappa shape index (κ3) is 44.1. The molecule has 342 valence electrons. The SMILES string of the molecule is CCCCCCC/C=C\C/C=C\CCCCCCCCCCCCCC(=O)OC(COC(=O)CCCCCCCCCCCCC)COP(=O)([O-])OCC[N+](C)(C)C. The van der Waals surface area contributed by atoms with Gasteiger partial charge in [0.15, 0.2) is 6.10 Å². The minimum absolute atomic E-state index is 0.0291. The average Bonchev–Trinajstić information content (AvgIpc) is 3.17. The maximum atomic E-state index is 12.7. The third-order valence-corrected chi connectivity index (χ3v) is 11.4. The monoisotopic (exact) mass is 842 g/mol. The highest BCUT2D eigenvalue weighted by molar-refractivity contribution is 7.45. The van der Waals surface area contributed by atoms with E-state index in [2.05, 4.69) is 38.2 Å². The van der Waals surface area contributed by atoms with E-state index < -0.39 is 26.5 Å². The van der Waals surface area contributed by atoms with Crippen LogP contribution in [-0.4, -0.2) is 70.0 Å². The van der Waals surface area contributed by atoms with Crippen molar-refractivity contribution in [2.75, 3.05) is 47.5 Å². The Balaban J connectivity index is 4.21. The summed E-state index contributed by atoms with van der Waals surface area (Å²) in [6, 6.07) is 0. The van der Waals surface area contributed by atoms with Crippen LogP contribution in [0.3, 0.4) is 0 Å². The number of phosphoric ester groups is 1. The van der Waals surface area contributed by atoms with Gasteiger partial charge in [0.1, 0.15) is 19.8 Å². The van der Waals surface area contributed by atoms with Gasteiger partial charge in [-0.2, -0.15) is 0 Å². The molecule has 0 radical (unpaired) electrons. The van der Waals surface area contributed by atoms with Gasteiger partial charge in [-0.25, -0.2) is 0 Å². The molecule has 0 saturated heterocycles. The quantitative estimate of drug-likeness (QED) is 0.0196. The van der Waals surface area contributed by atoms with E-state index in [-0.39, 0.29) is 32.0 Å². The number of rotatable bonds is 44. The highest BCUT2D eigenvalue weighted by atomic mass is 31.2. The van der Waals surface area contributed by atoms with E-state index in [9.17, 15) is 19.0 Å². The second kappa shape index (κ2) is 40.9. The molecule has 0 aromatic heterocycles. The standard InChI is InChI=1S/C48H92NO8P/c1-6-8-10-12-14-16-18-19-20-21-22-23-24-25-26-27-28-29-31-33-35-37-39-41-48(51)57-46(45-56-58(52,53)55-43-42-49(3,4)5)44-54-47(50)40-38-36-34-32-30-17-15-13-11-9-7-2/h18-19,21-22,46H,6-17,20,23-45H2,1-5H3/b19-18-,22-21-. The fourth-order valence-electron chi connectivity index (χ4n) is 6.69. The number of nitrogens with zero attached hydrogens (tertiary/aromatic N) is 1. The zero-order valence-corrected chi connectivity index (χ0v) is 39.4. The highest BCUT2D eigenvalue weighted by Gasteiger charge is 2.21. The maximum Gasteiger partial charge on any atom is 0.306 e. The molecular formula is C48H92NO8P. The summed E-state index contributed by atoms with van der Waals surface area (Å²) in [6.45, 7) is 4.23. The summed E-state index contributed by atoms with van der Waals surface area (Å²) in [5.41, 5.74) is 0. The predicted octanol–water partition coefficient (Wildman–Crippen LogP) is 13.3.